The zero-order chi connectivity index (χ0) is 13.7. The highest BCUT2D eigenvalue weighted by molar-refractivity contribution is 8.01. The number of aliphatic carboxylic acids is 1. The number of carbonyl (C=O) groups is 1. The van der Waals surface area contributed by atoms with Crippen LogP contribution in [0, 0.1) is 11.3 Å². The van der Waals surface area contributed by atoms with Gasteiger partial charge in [-0.25, -0.2) is 0 Å². The van der Waals surface area contributed by atoms with E-state index in [1.165, 1.54) is 11.3 Å². The number of hydrogen-bond donors (Lipinski definition) is 2. The number of hydrogen-bond acceptors (Lipinski definition) is 7. The number of nitrogens with one attached hydrogen (secondary N) is 1. The Kier molecular flexibility index (Phi) is 4.33. The van der Waals surface area contributed by atoms with Crippen molar-refractivity contribution in [2.24, 2.45) is 0 Å². The predicted octanol–water partition coefficient (Wildman–Crippen LogP) is 2.33. The van der Waals surface area contributed by atoms with Crippen LogP contribution in [0.4, 0.5) is 10.8 Å². The van der Waals surface area contributed by atoms with Gasteiger partial charge in [-0.1, -0.05) is 29.2 Å². The molecule has 0 unspecified atom stereocenters. The van der Waals surface area contributed by atoms with E-state index < -0.39 is 5.97 Å². The van der Waals surface area contributed by atoms with Crippen LogP contribution in [-0.2, 0) is 4.79 Å². The van der Waals surface area contributed by atoms with Crippen molar-refractivity contribution in [3.63, 3.8) is 0 Å². The fourth-order valence-corrected chi connectivity index (χ4v) is 2.72. The molecule has 0 aliphatic rings. The molecular formula is C11H8N4O2S2. The molecule has 0 bridgehead atoms. The van der Waals surface area contributed by atoms with Crippen LogP contribution in [0.3, 0.4) is 0 Å². The fourth-order valence-electron chi connectivity index (χ4n) is 1.23. The summed E-state index contributed by atoms with van der Waals surface area (Å²) < 4.78 is 0.585. The highest BCUT2D eigenvalue weighted by Crippen LogP contribution is 2.27. The van der Waals surface area contributed by atoms with E-state index in [0.29, 0.717) is 15.0 Å². The Morgan fingerprint density at radius 2 is 2.37 bits per heavy atom. The molecule has 0 atom stereocenters. The van der Waals surface area contributed by atoms with Gasteiger partial charge in [-0.05, 0) is 18.2 Å². The lowest BCUT2D eigenvalue weighted by Gasteiger charge is -2.00. The third kappa shape index (κ3) is 3.94. The molecule has 1 heterocycles. The Morgan fingerprint density at radius 1 is 1.53 bits per heavy atom. The molecular weight excluding hydrogens is 284 g/mol. The Hall–Kier alpha value is -2.11. The standard InChI is InChI=1S/C11H8N4O2S2/c12-5-7-2-1-3-8(4-7)13-10-14-15-11(19-10)18-6-9(16)17/h1-4H,6H2,(H,13,14)(H,16,17). The van der Waals surface area contributed by atoms with Crippen LogP contribution in [0.5, 0.6) is 0 Å². The van der Waals surface area contributed by atoms with Gasteiger partial charge in [0.05, 0.1) is 17.4 Å². The van der Waals surface area contributed by atoms with Gasteiger partial charge in [0.1, 0.15) is 0 Å². The van der Waals surface area contributed by atoms with Crippen molar-refractivity contribution in [2.45, 2.75) is 4.34 Å². The number of nitrogens with zero attached hydrogens (tertiary/aromatic N) is 3. The van der Waals surface area contributed by atoms with Gasteiger partial charge in [-0.3, -0.25) is 4.79 Å². The maximum atomic E-state index is 10.4. The van der Waals surface area contributed by atoms with Crippen LogP contribution < -0.4 is 5.32 Å². The van der Waals surface area contributed by atoms with E-state index in [1.54, 1.807) is 18.2 Å². The number of nitriles is 1. The molecule has 2 aromatic rings. The first-order valence-corrected chi connectivity index (χ1v) is 6.93. The largest absolute Gasteiger partial charge is 0.481 e. The number of carboxylic acid groups (broad SMARTS) is 1. The molecule has 2 N–H and O–H groups in total. The van der Waals surface area contributed by atoms with Crippen LogP contribution in [0.25, 0.3) is 0 Å². The third-order valence-corrected chi connectivity index (χ3v) is 3.93. The van der Waals surface area contributed by atoms with Gasteiger partial charge >= 0.3 is 5.97 Å². The van der Waals surface area contributed by atoms with Crippen molar-refractivity contribution in [3.05, 3.63) is 29.8 Å². The molecule has 1 aromatic heterocycles. The van der Waals surface area contributed by atoms with Gasteiger partial charge in [-0.2, -0.15) is 5.26 Å². The zero-order valence-electron chi connectivity index (χ0n) is 9.53. The molecule has 96 valence electrons. The van der Waals surface area contributed by atoms with Gasteiger partial charge in [0.2, 0.25) is 5.13 Å². The molecule has 0 aliphatic carbocycles. The second kappa shape index (κ2) is 6.17. The van der Waals surface area contributed by atoms with E-state index in [2.05, 4.69) is 15.5 Å². The van der Waals surface area contributed by atoms with E-state index in [9.17, 15) is 4.79 Å². The van der Waals surface area contributed by atoms with Gasteiger partial charge in [-0.15, -0.1) is 10.2 Å². The molecule has 8 heteroatoms. The predicted molar refractivity (Wildman–Crippen MR) is 72.7 cm³/mol. The Labute approximate surface area is 117 Å². The topological polar surface area (TPSA) is 98.9 Å². The Bertz CT molecular complexity index is 636. The maximum absolute atomic E-state index is 10.4. The van der Waals surface area contributed by atoms with E-state index in [0.717, 1.165) is 17.4 Å². The lowest BCUT2D eigenvalue weighted by molar-refractivity contribution is -0.133. The first-order valence-electron chi connectivity index (χ1n) is 5.12. The number of thioether (sulfide) groups is 1. The van der Waals surface area contributed by atoms with Crippen molar-refractivity contribution in [1.82, 2.24) is 10.2 Å². The van der Waals surface area contributed by atoms with Crippen LogP contribution in [0.1, 0.15) is 5.56 Å². The first-order chi connectivity index (χ1) is 9.17. The molecule has 0 saturated heterocycles. The summed E-state index contributed by atoms with van der Waals surface area (Å²) >= 11 is 2.39. The summed E-state index contributed by atoms with van der Waals surface area (Å²) in [4.78, 5) is 10.4. The summed E-state index contributed by atoms with van der Waals surface area (Å²) in [5, 5.41) is 28.7. The van der Waals surface area contributed by atoms with Gasteiger partial charge in [0.15, 0.2) is 4.34 Å². The van der Waals surface area contributed by atoms with Gasteiger partial charge in [0, 0.05) is 5.69 Å². The number of benzene rings is 1. The smallest absolute Gasteiger partial charge is 0.313 e. The average molecular weight is 292 g/mol. The van der Waals surface area contributed by atoms with E-state index in [4.69, 9.17) is 10.4 Å². The molecule has 0 aliphatic heterocycles. The van der Waals surface area contributed by atoms with Crippen LogP contribution in [0.2, 0.25) is 0 Å². The van der Waals surface area contributed by atoms with Gasteiger partial charge < -0.3 is 10.4 Å². The minimum atomic E-state index is -0.892. The SMILES string of the molecule is N#Cc1cccc(Nc2nnc(SCC(=O)O)s2)c1. The Balaban J connectivity index is 2.03. The third-order valence-electron chi connectivity index (χ3n) is 1.97. The van der Waals surface area contributed by atoms with Crippen molar-refractivity contribution in [1.29, 1.82) is 5.26 Å². The van der Waals surface area contributed by atoms with Crippen molar-refractivity contribution in [3.8, 4) is 6.07 Å². The monoisotopic (exact) mass is 292 g/mol. The summed E-state index contributed by atoms with van der Waals surface area (Å²) in [7, 11) is 0. The Morgan fingerprint density at radius 3 is 3.11 bits per heavy atom. The van der Waals surface area contributed by atoms with Crippen molar-refractivity contribution in [2.75, 3.05) is 11.1 Å². The molecule has 2 rings (SSSR count). The maximum Gasteiger partial charge on any atom is 0.313 e. The number of anilines is 2. The average Bonchev–Trinajstić information content (AvgIpc) is 2.84. The molecule has 6 nitrogen and oxygen atoms in total. The molecule has 0 saturated carbocycles. The molecule has 0 amide bonds. The summed E-state index contributed by atoms with van der Waals surface area (Å²) in [6.45, 7) is 0. The summed E-state index contributed by atoms with van der Waals surface area (Å²) in [6.07, 6.45) is 0. The van der Waals surface area contributed by atoms with E-state index in [1.807, 2.05) is 12.1 Å². The van der Waals surface area contributed by atoms with Crippen LogP contribution in [-0.4, -0.2) is 27.0 Å². The molecule has 0 radical (unpaired) electrons. The second-order valence-corrected chi connectivity index (χ2v) is 5.57. The number of rotatable bonds is 5. The normalized spacial score (nSPS) is 9.84. The fraction of sp³-hybridized carbons (Fsp3) is 0.0909. The summed E-state index contributed by atoms with van der Waals surface area (Å²) in [6, 6.07) is 9.03. The molecule has 0 fully saturated rings. The number of aromatic nitrogens is 2. The van der Waals surface area contributed by atoms with Crippen LogP contribution in [0.15, 0.2) is 28.6 Å². The van der Waals surface area contributed by atoms with E-state index >= 15 is 0 Å². The first kappa shape index (κ1) is 13.3. The minimum Gasteiger partial charge on any atom is -0.481 e. The molecule has 0 spiro atoms. The minimum absolute atomic E-state index is 0.0431. The van der Waals surface area contributed by atoms with Gasteiger partial charge in [0.25, 0.3) is 0 Å². The lowest BCUT2D eigenvalue weighted by atomic mass is 10.2. The highest BCUT2D eigenvalue weighted by atomic mass is 32.2. The van der Waals surface area contributed by atoms with E-state index in [-0.39, 0.29) is 5.75 Å². The highest BCUT2D eigenvalue weighted by Gasteiger charge is 2.07. The second-order valence-electron chi connectivity index (χ2n) is 3.37. The summed E-state index contributed by atoms with van der Waals surface area (Å²) in [5.74, 6) is -0.935. The zero-order valence-corrected chi connectivity index (χ0v) is 11.2. The molecule has 1 aromatic carbocycles. The number of carboxylic acids is 1. The molecule has 19 heavy (non-hydrogen) atoms. The van der Waals surface area contributed by atoms with Crippen LogP contribution >= 0.6 is 23.1 Å². The van der Waals surface area contributed by atoms with Crippen molar-refractivity contribution >= 4 is 39.9 Å². The lowest BCUT2D eigenvalue weighted by Crippen LogP contribution is -1.96. The summed E-state index contributed by atoms with van der Waals surface area (Å²) in [5.41, 5.74) is 1.29. The quantitative estimate of drug-likeness (QED) is 0.816. The van der Waals surface area contributed by atoms with Crippen molar-refractivity contribution < 1.29 is 9.90 Å².